The molecule has 6 nitrogen and oxygen atoms in total. The number of aryl methyl sites for hydroxylation is 2. The molecule has 0 radical (unpaired) electrons. The maximum Gasteiger partial charge on any atom is 0.317 e. The molecule has 1 fully saturated rings. The normalized spacial score (nSPS) is 21.8. The van der Waals surface area contributed by atoms with Gasteiger partial charge in [-0.25, -0.2) is 8.42 Å². The van der Waals surface area contributed by atoms with E-state index in [0.717, 1.165) is 17.7 Å². The molecule has 142 valence electrons. The third kappa shape index (κ3) is 5.01. The lowest BCUT2D eigenvalue weighted by atomic mass is 10.1. The molecule has 0 spiro atoms. The lowest BCUT2D eigenvalue weighted by molar-refractivity contribution is -0.152. The first kappa shape index (κ1) is 19.2. The summed E-state index contributed by atoms with van der Waals surface area (Å²) in [6, 6.07) is 5.85. The van der Waals surface area contributed by atoms with Crippen molar-refractivity contribution in [2.75, 3.05) is 17.3 Å². The number of carbonyl (C=O) groups excluding carboxylic acids is 2. The molecule has 8 heteroatoms. The fourth-order valence-corrected chi connectivity index (χ4v) is 5.71. The number of amides is 1. The van der Waals surface area contributed by atoms with Crippen molar-refractivity contribution in [3.63, 3.8) is 0 Å². The Morgan fingerprint density at radius 2 is 2.08 bits per heavy atom. The lowest BCUT2D eigenvalue weighted by Gasteiger charge is -2.16. The summed E-state index contributed by atoms with van der Waals surface area (Å²) >= 11 is 1.40. The van der Waals surface area contributed by atoms with E-state index in [0.29, 0.717) is 6.42 Å². The van der Waals surface area contributed by atoms with Crippen LogP contribution < -0.4 is 5.32 Å². The van der Waals surface area contributed by atoms with E-state index in [1.165, 1.54) is 36.2 Å². The molecule has 0 saturated carbocycles. The van der Waals surface area contributed by atoms with E-state index in [4.69, 9.17) is 4.74 Å². The molecule has 1 aliphatic heterocycles. The smallest absolute Gasteiger partial charge is 0.317 e. The molecule has 0 bridgehead atoms. The van der Waals surface area contributed by atoms with Crippen molar-refractivity contribution in [3.05, 3.63) is 29.3 Å². The summed E-state index contributed by atoms with van der Waals surface area (Å²) in [4.78, 5) is 25.1. The summed E-state index contributed by atoms with van der Waals surface area (Å²) in [5, 5.41) is 2.64. The first-order valence-corrected chi connectivity index (χ1v) is 11.6. The minimum absolute atomic E-state index is 0.0480. The largest absolute Gasteiger partial charge is 0.452 e. The summed E-state index contributed by atoms with van der Waals surface area (Å²) in [5.74, 6) is -0.745. The number of sulfone groups is 1. The highest BCUT2D eigenvalue weighted by atomic mass is 32.2. The van der Waals surface area contributed by atoms with Gasteiger partial charge in [0.05, 0.1) is 17.3 Å². The molecule has 1 heterocycles. The van der Waals surface area contributed by atoms with E-state index < -0.39 is 33.9 Å². The highest BCUT2D eigenvalue weighted by molar-refractivity contribution is 8.00. The Kier molecular flexibility index (Phi) is 5.92. The molecule has 1 aromatic rings. The number of nitrogens with one attached hydrogen (secondary N) is 1. The molecule has 0 aromatic heterocycles. The number of esters is 1. The molecule has 1 aliphatic carbocycles. The number of rotatable bonds is 6. The van der Waals surface area contributed by atoms with Crippen LogP contribution in [0.4, 0.5) is 0 Å². The average molecular weight is 398 g/mol. The quantitative estimate of drug-likeness (QED) is 0.578. The summed E-state index contributed by atoms with van der Waals surface area (Å²) in [5.41, 5.74) is 2.73. The van der Waals surface area contributed by atoms with Crippen LogP contribution >= 0.6 is 11.8 Å². The van der Waals surface area contributed by atoms with Gasteiger partial charge in [-0.1, -0.05) is 6.07 Å². The van der Waals surface area contributed by atoms with E-state index in [-0.39, 0.29) is 17.3 Å². The van der Waals surface area contributed by atoms with Crippen molar-refractivity contribution < 1.29 is 22.7 Å². The predicted octanol–water partition coefficient (Wildman–Crippen LogP) is 1.50. The molecule has 3 rings (SSSR count). The number of hydrogen-bond acceptors (Lipinski definition) is 6. The maximum atomic E-state index is 12.1. The van der Waals surface area contributed by atoms with Crippen molar-refractivity contribution in [2.24, 2.45) is 0 Å². The Morgan fingerprint density at radius 3 is 2.81 bits per heavy atom. The second-order valence-electron chi connectivity index (χ2n) is 6.81. The minimum atomic E-state index is -3.06. The van der Waals surface area contributed by atoms with Crippen molar-refractivity contribution in [1.29, 1.82) is 0 Å². The highest BCUT2D eigenvalue weighted by Gasteiger charge is 2.30. The van der Waals surface area contributed by atoms with Crippen LogP contribution in [-0.2, 0) is 37.0 Å². The van der Waals surface area contributed by atoms with E-state index in [1.807, 2.05) is 6.07 Å². The maximum absolute atomic E-state index is 12.1. The molecular formula is C18H23NO5S2. The zero-order valence-electron chi connectivity index (χ0n) is 14.7. The number of ether oxygens (including phenoxy) is 1. The molecule has 2 aliphatic rings. The third-order valence-corrected chi connectivity index (χ3v) is 7.42. The van der Waals surface area contributed by atoms with Gasteiger partial charge in [-0.2, -0.15) is 0 Å². The summed E-state index contributed by atoms with van der Waals surface area (Å²) in [6.07, 6.45) is 2.86. The standard InChI is InChI=1S/C18H23NO5S2/c1-12(18(21)19-15-7-8-26(22,23)11-15)24-17(20)10-25-16-6-5-13-3-2-4-14(13)9-16/h5-6,9,12,15H,2-4,7-8,10-11H2,1H3,(H,19,21)/t12-,15+/m1/s1. The fraction of sp³-hybridized carbons (Fsp3) is 0.556. The van der Waals surface area contributed by atoms with E-state index in [9.17, 15) is 18.0 Å². The van der Waals surface area contributed by atoms with Crippen LogP contribution in [0.3, 0.4) is 0 Å². The van der Waals surface area contributed by atoms with Crippen LogP contribution in [0.15, 0.2) is 23.1 Å². The SMILES string of the molecule is C[C@@H](OC(=O)CSc1ccc2c(c1)CCC2)C(=O)N[C@H]1CCS(=O)(=O)C1. The number of thioether (sulfide) groups is 1. The second-order valence-corrected chi connectivity index (χ2v) is 10.1. The first-order valence-electron chi connectivity index (χ1n) is 8.77. The number of hydrogen-bond donors (Lipinski definition) is 1. The van der Waals surface area contributed by atoms with Gasteiger partial charge in [0.2, 0.25) is 0 Å². The highest BCUT2D eigenvalue weighted by Crippen LogP contribution is 2.27. The Labute approximate surface area is 158 Å². The van der Waals surface area contributed by atoms with Crippen molar-refractivity contribution in [3.8, 4) is 0 Å². The molecule has 1 amide bonds. The number of carbonyl (C=O) groups is 2. The molecular weight excluding hydrogens is 374 g/mol. The van der Waals surface area contributed by atoms with Gasteiger partial charge in [0, 0.05) is 10.9 Å². The monoisotopic (exact) mass is 397 g/mol. The van der Waals surface area contributed by atoms with E-state index >= 15 is 0 Å². The third-order valence-electron chi connectivity index (χ3n) is 4.68. The zero-order chi connectivity index (χ0) is 18.7. The van der Waals surface area contributed by atoms with Gasteiger partial charge in [0.15, 0.2) is 15.9 Å². The summed E-state index contributed by atoms with van der Waals surface area (Å²) < 4.78 is 28.0. The summed E-state index contributed by atoms with van der Waals surface area (Å²) in [7, 11) is -3.06. The molecule has 2 atom stereocenters. The van der Waals surface area contributed by atoms with Crippen molar-refractivity contribution in [1.82, 2.24) is 5.32 Å². The Bertz CT molecular complexity index is 806. The molecule has 1 aromatic carbocycles. The van der Waals surface area contributed by atoms with Crippen LogP contribution in [0.1, 0.15) is 30.9 Å². The van der Waals surface area contributed by atoms with Crippen LogP contribution in [0, 0.1) is 0 Å². The predicted molar refractivity (Wildman–Crippen MR) is 99.9 cm³/mol. The summed E-state index contributed by atoms with van der Waals surface area (Å²) in [6.45, 7) is 1.50. The van der Waals surface area contributed by atoms with Crippen LogP contribution in [-0.4, -0.2) is 49.7 Å². The molecule has 0 unspecified atom stereocenters. The Morgan fingerprint density at radius 1 is 1.31 bits per heavy atom. The van der Waals surface area contributed by atoms with Gasteiger partial charge in [-0.15, -0.1) is 11.8 Å². The number of fused-ring (bicyclic) bond motifs is 1. The Hall–Kier alpha value is -1.54. The van der Waals surface area contributed by atoms with Gasteiger partial charge in [0.25, 0.3) is 5.91 Å². The molecule has 1 N–H and O–H groups in total. The molecule has 1 saturated heterocycles. The van der Waals surface area contributed by atoms with E-state index in [1.54, 1.807) is 0 Å². The first-order chi connectivity index (χ1) is 12.3. The second kappa shape index (κ2) is 8.00. The van der Waals surface area contributed by atoms with Gasteiger partial charge in [-0.3, -0.25) is 9.59 Å². The lowest BCUT2D eigenvalue weighted by Crippen LogP contribution is -2.42. The van der Waals surface area contributed by atoms with Crippen LogP contribution in [0.5, 0.6) is 0 Å². The zero-order valence-corrected chi connectivity index (χ0v) is 16.3. The Balaban J connectivity index is 1.43. The van der Waals surface area contributed by atoms with Crippen molar-refractivity contribution >= 4 is 33.5 Å². The van der Waals surface area contributed by atoms with Gasteiger partial charge in [0.1, 0.15) is 0 Å². The van der Waals surface area contributed by atoms with E-state index in [2.05, 4.69) is 17.4 Å². The van der Waals surface area contributed by atoms with Gasteiger partial charge < -0.3 is 10.1 Å². The van der Waals surface area contributed by atoms with Gasteiger partial charge >= 0.3 is 5.97 Å². The van der Waals surface area contributed by atoms with Gasteiger partial charge in [-0.05, 0) is 55.9 Å². The molecule has 26 heavy (non-hydrogen) atoms. The van der Waals surface area contributed by atoms with Crippen LogP contribution in [0.25, 0.3) is 0 Å². The fourth-order valence-electron chi connectivity index (χ4n) is 3.29. The van der Waals surface area contributed by atoms with Crippen molar-refractivity contribution in [2.45, 2.75) is 49.6 Å². The minimum Gasteiger partial charge on any atom is -0.452 e. The van der Waals surface area contributed by atoms with Crippen LogP contribution in [0.2, 0.25) is 0 Å². The number of benzene rings is 1. The average Bonchev–Trinajstić information content (AvgIpc) is 3.18. The topological polar surface area (TPSA) is 89.5 Å².